The topological polar surface area (TPSA) is 103 Å². The van der Waals surface area contributed by atoms with Crippen molar-refractivity contribution >= 4 is 11.7 Å². The summed E-state index contributed by atoms with van der Waals surface area (Å²) in [7, 11) is 1.86. The summed E-state index contributed by atoms with van der Waals surface area (Å²) in [5, 5.41) is 21.3. The van der Waals surface area contributed by atoms with Gasteiger partial charge < -0.3 is 10.6 Å². The molecule has 2 N–H and O–H groups in total. The van der Waals surface area contributed by atoms with Crippen LogP contribution in [0.25, 0.3) is 5.69 Å². The Labute approximate surface area is 145 Å². The van der Waals surface area contributed by atoms with Crippen LogP contribution < -0.4 is 10.6 Å². The summed E-state index contributed by atoms with van der Waals surface area (Å²) in [6.07, 6.45) is 2.49. The lowest BCUT2D eigenvalue weighted by Crippen LogP contribution is -2.33. The maximum atomic E-state index is 12.3. The summed E-state index contributed by atoms with van der Waals surface area (Å²) < 4.78 is 3.39. The van der Waals surface area contributed by atoms with Gasteiger partial charge in [0.1, 0.15) is 0 Å². The van der Waals surface area contributed by atoms with Crippen LogP contribution in [0.1, 0.15) is 30.9 Å². The Balaban J connectivity index is 1.65. The summed E-state index contributed by atoms with van der Waals surface area (Å²) >= 11 is 0. The highest BCUT2D eigenvalue weighted by atomic mass is 16.2. The first-order valence-corrected chi connectivity index (χ1v) is 7.99. The van der Waals surface area contributed by atoms with E-state index in [9.17, 15) is 4.79 Å². The van der Waals surface area contributed by atoms with Gasteiger partial charge in [-0.2, -0.15) is 9.78 Å². The molecule has 0 saturated heterocycles. The molecule has 0 saturated carbocycles. The van der Waals surface area contributed by atoms with E-state index in [1.54, 1.807) is 27.7 Å². The molecular formula is C16H20N8O. The number of aryl methyl sites for hydroxylation is 2. The van der Waals surface area contributed by atoms with Crippen LogP contribution in [0.2, 0.25) is 0 Å². The molecule has 130 valence electrons. The third-order valence-corrected chi connectivity index (χ3v) is 3.92. The lowest BCUT2D eigenvalue weighted by atomic mass is 10.1. The SMILES string of the molecule is CC[C@H](NC(=O)Nc1ccc(-n2nnnc2C)cc1)c1ccnn1C. The molecule has 0 spiro atoms. The number of nitrogens with zero attached hydrogens (tertiary/aromatic N) is 6. The van der Waals surface area contributed by atoms with Gasteiger partial charge in [-0.3, -0.25) is 4.68 Å². The molecule has 2 heterocycles. The predicted molar refractivity (Wildman–Crippen MR) is 92.3 cm³/mol. The van der Waals surface area contributed by atoms with Crippen molar-refractivity contribution in [2.75, 3.05) is 5.32 Å². The normalized spacial score (nSPS) is 12.0. The number of anilines is 1. The monoisotopic (exact) mass is 340 g/mol. The van der Waals surface area contributed by atoms with Gasteiger partial charge in [-0.1, -0.05) is 6.92 Å². The van der Waals surface area contributed by atoms with Gasteiger partial charge in [-0.25, -0.2) is 4.79 Å². The molecule has 0 fully saturated rings. The van der Waals surface area contributed by atoms with E-state index in [2.05, 4.69) is 31.3 Å². The minimum Gasteiger partial charge on any atom is -0.330 e. The lowest BCUT2D eigenvalue weighted by Gasteiger charge is -2.18. The molecule has 2 aromatic heterocycles. The second-order valence-electron chi connectivity index (χ2n) is 5.62. The van der Waals surface area contributed by atoms with Crippen molar-refractivity contribution < 1.29 is 4.79 Å². The van der Waals surface area contributed by atoms with Crippen LogP contribution in [0.3, 0.4) is 0 Å². The number of rotatable bonds is 5. The highest BCUT2D eigenvalue weighted by Gasteiger charge is 2.15. The number of benzene rings is 1. The molecule has 25 heavy (non-hydrogen) atoms. The molecule has 3 aromatic rings. The number of carbonyl (C=O) groups is 1. The summed E-state index contributed by atoms with van der Waals surface area (Å²) in [6.45, 7) is 3.84. The average molecular weight is 340 g/mol. The Hall–Kier alpha value is -3.23. The molecule has 0 unspecified atom stereocenters. The fourth-order valence-corrected chi connectivity index (χ4v) is 2.59. The molecule has 2 amide bonds. The van der Waals surface area contributed by atoms with E-state index < -0.39 is 0 Å². The van der Waals surface area contributed by atoms with Gasteiger partial charge in [-0.15, -0.1) is 5.10 Å². The summed E-state index contributed by atoms with van der Waals surface area (Å²) in [4.78, 5) is 12.3. The van der Waals surface area contributed by atoms with Gasteiger partial charge in [0, 0.05) is 18.9 Å². The van der Waals surface area contributed by atoms with Crippen molar-refractivity contribution in [2.24, 2.45) is 7.05 Å². The summed E-state index contributed by atoms with van der Waals surface area (Å²) in [5.74, 6) is 0.695. The molecule has 0 bridgehead atoms. The number of tetrazole rings is 1. The first-order valence-electron chi connectivity index (χ1n) is 7.99. The molecule has 3 rings (SSSR count). The quantitative estimate of drug-likeness (QED) is 0.739. The van der Waals surface area contributed by atoms with E-state index in [0.717, 1.165) is 17.8 Å². The Morgan fingerprint density at radius 1 is 1.24 bits per heavy atom. The van der Waals surface area contributed by atoms with Crippen molar-refractivity contribution in [2.45, 2.75) is 26.3 Å². The molecule has 0 radical (unpaired) electrons. The Morgan fingerprint density at radius 2 is 2.00 bits per heavy atom. The second kappa shape index (κ2) is 7.12. The van der Waals surface area contributed by atoms with Crippen LogP contribution in [0.15, 0.2) is 36.5 Å². The number of hydrogen-bond donors (Lipinski definition) is 2. The maximum absolute atomic E-state index is 12.3. The zero-order valence-electron chi connectivity index (χ0n) is 14.3. The average Bonchev–Trinajstić information content (AvgIpc) is 3.22. The molecule has 9 heteroatoms. The largest absolute Gasteiger partial charge is 0.330 e. The molecule has 9 nitrogen and oxygen atoms in total. The molecule has 0 aliphatic rings. The molecule has 0 aliphatic heterocycles. The Kier molecular flexibility index (Phi) is 4.73. The van der Waals surface area contributed by atoms with E-state index in [1.165, 1.54) is 0 Å². The van der Waals surface area contributed by atoms with Gasteiger partial charge >= 0.3 is 6.03 Å². The Morgan fingerprint density at radius 3 is 2.56 bits per heavy atom. The minimum atomic E-state index is -0.264. The van der Waals surface area contributed by atoms with E-state index in [0.29, 0.717) is 11.5 Å². The van der Waals surface area contributed by atoms with Crippen molar-refractivity contribution in [3.05, 3.63) is 48.0 Å². The van der Waals surface area contributed by atoms with Crippen molar-refractivity contribution in [1.82, 2.24) is 35.3 Å². The standard InChI is InChI=1S/C16H20N8O/c1-4-14(15-9-10-17-23(15)3)19-16(25)18-12-5-7-13(8-6-12)24-11(2)20-21-22-24/h5-10,14H,4H2,1-3H3,(H2,18,19,25)/t14-/m0/s1. The van der Waals surface area contributed by atoms with Crippen molar-refractivity contribution in [3.8, 4) is 5.69 Å². The summed E-state index contributed by atoms with van der Waals surface area (Å²) in [5.41, 5.74) is 2.48. The van der Waals surface area contributed by atoms with Crippen LogP contribution in [-0.4, -0.2) is 36.0 Å². The van der Waals surface area contributed by atoms with E-state index in [4.69, 9.17) is 0 Å². The number of nitrogens with one attached hydrogen (secondary N) is 2. The summed E-state index contributed by atoms with van der Waals surface area (Å²) in [6, 6.07) is 8.84. The minimum absolute atomic E-state index is 0.101. The third kappa shape index (κ3) is 3.65. The van der Waals surface area contributed by atoms with Crippen LogP contribution in [0.5, 0.6) is 0 Å². The highest BCUT2D eigenvalue weighted by Crippen LogP contribution is 2.16. The predicted octanol–water partition coefficient (Wildman–Crippen LogP) is 1.98. The smallest absolute Gasteiger partial charge is 0.319 e. The molecule has 0 aliphatic carbocycles. The van der Waals surface area contributed by atoms with Crippen molar-refractivity contribution in [1.29, 1.82) is 0 Å². The molecular weight excluding hydrogens is 320 g/mol. The lowest BCUT2D eigenvalue weighted by molar-refractivity contribution is 0.247. The van der Waals surface area contributed by atoms with Gasteiger partial charge in [0.05, 0.1) is 17.4 Å². The van der Waals surface area contributed by atoms with Gasteiger partial charge in [0.25, 0.3) is 0 Å². The van der Waals surface area contributed by atoms with Crippen molar-refractivity contribution in [3.63, 3.8) is 0 Å². The first kappa shape index (κ1) is 16.6. The molecule has 1 atom stereocenters. The number of aromatic nitrogens is 6. The first-order chi connectivity index (χ1) is 12.1. The maximum Gasteiger partial charge on any atom is 0.319 e. The van der Waals surface area contributed by atoms with Crippen LogP contribution in [-0.2, 0) is 7.05 Å². The van der Waals surface area contributed by atoms with Gasteiger partial charge in [-0.05, 0) is 54.1 Å². The second-order valence-corrected chi connectivity index (χ2v) is 5.62. The number of hydrogen-bond acceptors (Lipinski definition) is 5. The zero-order valence-corrected chi connectivity index (χ0v) is 14.3. The van der Waals surface area contributed by atoms with E-state index in [1.807, 2.05) is 39.1 Å². The zero-order chi connectivity index (χ0) is 17.8. The highest BCUT2D eigenvalue weighted by molar-refractivity contribution is 5.89. The number of amides is 2. The van der Waals surface area contributed by atoms with Gasteiger partial charge in [0.2, 0.25) is 0 Å². The Bertz CT molecular complexity index is 851. The van der Waals surface area contributed by atoms with Crippen LogP contribution >= 0.6 is 0 Å². The van der Waals surface area contributed by atoms with E-state index in [-0.39, 0.29) is 12.1 Å². The molecule has 1 aromatic carbocycles. The van der Waals surface area contributed by atoms with Gasteiger partial charge in [0.15, 0.2) is 5.82 Å². The number of urea groups is 1. The van der Waals surface area contributed by atoms with E-state index >= 15 is 0 Å². The van der Waals surface area contributed by atoms with Crippen LogP contribution in [0, 0.1) is 6.92 Å². The number of carbonyl (C=O) groups excluding carboxylic acids is 1. The fourth-order valence-electron chi connectivity index (χ4n) is 2.59. The third-order valence-electron chi connectivity index (χ3n) is 3.92. The fraction of sp³-hybridized carbons (Fsp3) is 0.312. The van der Waals surface area contributed by atoms with Crippen LogP contribution in [0.4, 0.5) is 10.5 Å².